The predicted molar refractivity (Wildman–Crippen MR) is 125 cm³/mol. The number of ether oxygens (including phenoxy) is 2. The molecule has 3 rings (SSSR count). The minimum Gasteiger partial charge on any atom is -0.478 e. The normalized spacial score (nSPS) is 13.0. The summed E-state index contributed by atoms with van der Waals surface area (Å²) >= 11 is 0. The molecule has 216 valence electrons. The number of rotatable bonds is 9. The van der Waals surface area contributed by atoms with Gasteiger partial charge in [-0.1, -0.05) is 18.2 Å². The van der Waals surface area contributed by atoms with Gasteiger partial charge in [0.2, 0.25) is 12.2 Å². The van der Waals surface area contributed by atoms with Crippen molar-refractivity contribution in [2.24, 2.45) is 0 Å². The molecule has 15 heteroatoms. The molecule has 9 nitrogen and oxygen atoms in total. The lowest BCUT2D eigenvalue weighted by Gasteiger charge is -2.23. The number of carboxylic acid groups (broad SMARTS) is 1. The first-order chi connectivity index (χ1) is 19.2. The van der Waals surface area contributed by atoms with Crippen LogP contribution in [-0.2, 0) is 38.0 Å². The molecule has 0 bridgehead atoms. The van der Waals surface area contributed by atoms with Crippen molar-refractivity contribution < 1.29 is 60.1 Å². The number of carbonyl (C=O) groups is 4. The monoisotopic (exact) mass is 584 g/mol. The maximum Gasteiger partial charge on any atom is 0.416 e. The molecule has 0 spiro atoms. The van der Waals surface area contributed by atoms with Gasteiger partial charge in [-0.05, 0) is 48.5 Å². The number of pyridine rings is 1. The number of amides is 1. The Hall–Kier alpha value is -4.95. The number of nitrogens with one attached hydrogen (secondary N) is 1. The third-order valence-corrected chi connectivity index (χ3v) is 5.27. The van der Waals surface area contributed by atoms with Gasteiger partial charge in [-0.2, -0.15) is 26.3 Å². The van der Waals surface area contributed by atoms with Gasteiger partial charge in [-0.3, -0.25) is 9.78 Å². The van der Waals surface area contributed by atoms with Crippen molar-refractivity contribution in [1.82, 2.24) is 10.3 Å². The van der Waals surface area contributed by atoms with E-state index in [0.29, 0.717) is 24.3 Å². The maximum absolute atomic E-state index is 13.1. The molecule has 0 aliphatic rings. The fraction of sp³-hybridized carbons (Fsp3) is 0.192. The van der Waals surface area contributed by atoms with E-state index in [-0.39, 0.29) is 12.2 Å². The van der Waals surface area contributed by atoms with Crippen LogP contribution in [0.2, 0.25) is 0 Å². The first kappa shape index (κ1) is 30.6. The highest BCUT2D eigenvalue weighted by atomic mass is 19.4. The van der Waals surface area contributed by atoms with Gasteiger partial charge in [0.05, 0.1) is 34.5 Å². The van der Waals surface area contributed by atoms with E-state index in [1.165, 1.54) is 12.3 Å². The van der Waals surface area contributed by atoms with Crippen LogP contribution < -0.4 is 5.32 Å². The van der Waals surface area contributed by atoms with Gasteiger partial charge in [-0.25, -0.2) is 14.4 Å². The Morgan fingerprint density at radius 3 is 1.71 bits per heavy atom. The van der Waals surface area contributed by atoms with Crippen LogP contribution >= 0.6 is 0 Å². The number of esters is 2. The van der Waals surface area contributed by atoms with Crippen LogP contribution in [0.5, 0.6) is 0 Å². The number of aromatic nitrogens is 1. The lowest BCUT2D eigenvalue weighted by molar-refractivity contribution is -0.159. The molecule has 0 radical (unpaired) electrons. The van der Waals surface area contributed by atoms with Gasteiger partial charge in [0.25, 0.3) is 5.91 Å². The zero-order valence-corrected chi connectivity index (χ0v) is 20.4. The molecule has 1 amide bonds. The van der Waals surface area contributed by atoms with Gasteiger partial charge in [0.15, 0.2) is 0 Å². The van der Waals surface area contributed by atoms with Gasteiger partial charge in [0.1, 0.15) is 0 Å². The Balaban J connectivity index is 1.92. The quantitative estimate of drug-likeness (QED) is 0.282. The molecule has 0 unspecified atom stereocenters. The standard InChI is InChI=1S/C26H18F6N2O7/c27-25(28,29)16-7-3-5-14(11-16)23(38)40-19(21(35)34-13-18-9-1-2-10-33-18)20(22(36)37)41-24(39)15-6-4-8-17(12-15)26(30,31)32/h1-12,19-20H,13H2,(H,34,35)(H,36,37)/t19-,20+/m1/s1. The van der Waals surface area contributed by atoms with E-state index in [2.05, 4.69) is 10.3 Å². The van der Waals surface area contributed by atoms with Crippen LogP contribution in [0.4, 0.5) is 26.3 Å². The number of nitrogens with zero attached hydrogens (tertiary/aromatic N) is 1. The fourth-order valence-corrected chi connectivity index (χ4v) is 3.29. The third-order valence-electron chi connectivity index (χ3n) is 5.27. The molecule has 2 N–H and O–H groups in total. The molecule has 0 saturated heterocycles. The SMILES string of the molecule is O=C(O[C@H](C(=O)O)[C@@H](OC(=O)c1cccc(C(F)(F)F)c1)C(=O)NCc1ccccn1)c1cccc(C(F)(F)F)c1. The van der Waals surface area contributed by atoms with Crippen molar-refractivity contribution in [3.05, 3.63) is 101 Å². The molecular formula is C26H18F6N2O7. The van der Waals surface area contributed by atoms with Crippen molar-refractivity contribution in [2.75, 3.05) is 0 Å². The van der Waals surface area contributed by atoms with Gasteiger partial charge >= 0.3 is 30.3 Å². The molecule has 3 aromatic rings. The summed E-state index contributed by atoms with van der Waals surface area (Å²) < 4.78 is 88.1. The van der Waals surface area contributed by atoms with E-state index in [4.69, 9.17) is 9.47 Å². The number of hydrogen-bond acceptors (Lipinski definition) is 7. The second-order valence-electron chi connectivity index (χ2n) is 8.19. The Morgan fingerprint density at radius 1 is 0.756 bits per heavy atom. The number of hydrogen-bond donors (Lipinski definition) is 2. The number of aliphatic carboxylic acids is 1. The molecule has 1 aromatic heterocycles. The molecule has 0 saturated carbocycles. The predicted octanol–water partition coefficient (Wildman–Crippen LogP) is 4.27. The van der Waals surface area contributed by atoms with E-state index in [1.807, 2.05) is 0 Å². The largest absolute Gasteiger partial charge is 0.478 e. The van der Waals surface area contributed by atoms with E-state index in [9.17, 15) is 50.6 Å². The molecule has 2 atom stereocenters. The summed E-state index contributed by atoms with van der Waals surface area (Å²) in [7, 11) is 0. The molecule has 0 fully saturated rings. The Labute approximate surface area is 226 Å². The minimum atomic E-state index is -4.86. The van der Waals surface area contributed by atoms with Gasteiger partial charge in [0, 0.05) is 6.20 Å². The summed E-state index contributed by atoms with van der Waals surface area (Å²) in [6.45, 7) is -0.342. The molecular weight excluding hydrogens is 566 g/mol. The van der Waals surface area contributed by atoms with E-state index in [0.717, 1.165) is 24.3 Å². The fourth-order valence-electron chi connectivity index (χ4n) is 3.29. The molecule has 2 aromatic carbocycles. The Kier molecular flexibility index (Phi) is 9.32. The Morgan fingerprint density at radius 2 is 1.27 bits per heavy atom. The number of alkyl halides is 6. The lowest BCUT2D eigenvalue weighted by atomic mass is 10.1. The number of benzene rings is 2. The minimum absolute atomic E-state index is 0.261. The summed E-state index contributed by atoms with van der Waals surface area (Å²) in [6.07, 6.45) is -13.5. The third kappa shape index (κ3) is 8.27. The van der Waals surface area contributed by atoms with Crippen molar-refractivity contribution in [2.45, 2.75) is 31.1 Å². The highest BCUT2D eigenvalue weighted by Crippen LogP contribution is 2.31. The summed E-state index contributed by atoms with van der Waals surface area (Å²) in [6, 6.07) is 10.1. The first-order valence-corrected chi connectivity index (χ1v) is 11.3. The summed E-state index contributed by atoms with van der Waals surface area (Å²) in [5.74, 6) is -6.63. The van der Waals surface area contributed by atoms with Crippen molar-refractivity contribution >= 4 is 23.8 Å². The van der Waals surface area contributed by atoms with Crippen LogP contribution in [-0.4, -0.2) is 46.1 Å². The number of carboxylic acids is 1. The highest BCUT2D eigenvalue weighted by molar-refractivity contribution is 5.97. The zero-order valence-electron chi connectivity index (χ0n) is 20.4. The van der Waals surface area contributed by atoms with Crippen LogP contribution in [0.15, 0.2) is 72.9 Å². The van der Waals surface area contributed by atoms with E-state index in [1.54, 1.807) is 12.1 Å². The van der Waals surface area contributed by atoms with Crippen LogP contribution in [0.25, 0.3) is 0 Å². The maximum atomic E-state index is 13.1. The van der Waals surface area contributed by atoms with Gasteiger partial charge < -0.3 is 19.9 Å². The Bertz CT molecular complexity index is 1430. The summed E-state index contributed by atoms with van der Waals surface area (Å²) in [4.78, 5) is 54.2. The molecule has 1 heterocycles. The number of carbonyl (C=O) groups excluding carboxylic acids is 3. The van der Waals surface area contributed by atoms with Crippen LogP contribution in [0.3, 0.4) is 0 Å². The highest BCUT2D eigenvalue weighted by Gasteiger charge is 2.41. The second kappa shape index (κ2) is 12.5. The van der Waals surface area contributed by atoms with Crippen molar-refractivity contribution in [1.29, 1.82) is 0 Å². The second-order valence-corrected chi connectivity index (χ2v) is 8.19. The number of halogens is 6. The lowest BCUT2D eigenvalue weighted by Crippen LogP contribution is -2.50. The van der Waals surface area contributed by atoms with Crippen LogP contribution in [0, 0.1) is 0 Å². The average Bonchev–Trinajstić information content (AvgIpc) is 2.93. The summed E-state index contributed by atoms with van der Waals surface area (Å²) in [5.41, 5.74) is -3.73. The van der Waals surface area contributed by atoms with Crippen molar-refractivity contribution in [3.63, 3.8) is 0 Å². The smallest absolute Gasteiger partial charge is 0.416 e. The van der Waals surface area contributed by atoms with Crippen molar-refractivity contribution in [3.8, 4) is 0 Å². The van der Waals surface area contributed by atoms with E-state index < -0.39 is 70.6 Å². The first-order valence-electron chi connectivity index (χ1n) is 11.3. The van der Waals surface area contributed by atoms with Gasteiger partial charge in [-0.15, -0.1) is 0 Å². The van der Waals surface area contributed by atoms with Crippen LogP contribution in [0.1, 0.15) is 37.5 Å². The topological polar surface area (TPSA) is 132 Å². The average molecular weight is 584 g/mol. The zero-order chi connectivity index (χ0) is 30.4. The summed E-state index contributed by atoms with van der Waals surface area (Å²) in [5, 5.41) is 11.9. The van der Waals surface area contributed by atoms with E-state index >= 15 is 0 Å². The molecule has 0 aliphatic carbocycles. The molecule has 0 aliphatic heterocycles. The molecule has 41 heavy (non-hydrogen) atoms.